The maximum Gasteiger partial charge on any atom is 0.0363 e. The summed E-state index contributed by atoms with van der Waals surface area (Å²) in [5.74, 6) is 0. The Bertz CT molecular complexity index is 366. The average molecular weight is 276 g/mol. The molecule has 1 aromatic carbocycles. The Morgan fingerprint density at radius 1 is 1.00 bits per heavy atom. The average Bonchev–Trinajstić information content (AvgIpc) is 2.51. The molecule has 0 spiro atoms. The monoisotopic (exact) mass is 276 g/mol. The van der Waals surface area contributed by atoms with Crippen LogP contribution in [0.3, 0.4) is 0 Å². The zero-order valence-corrected chi connectivity index (χ0v) is 14.0. The predicted molar refractivity (Wildman–Crippen MR) is 90.6 cm³/mol. The molecular weight excluding hydrogens is 244 g/mol. The van der Waals surface area contributed by atoms with E-state index in [1.807, 2.05) is 0 Å². The molecule has 0 aliphatic heterocycles. The van der Waals surface area contributed by atoms with Crippen LogP contribution in [0.25, 0.3) is 0 Å². The fourth-order valence-corrected chi connectivity index (χ4v) is 2.75. The minimum absolute atomic E-state index is 0.369. The van der Waals surface area contributed by atoms with E-state index in [1.54, 1.807) is 0 Å². The lowest BCUT2D eigenvalue weighted by atomic mass is 9.81. The zero-order valence-electron chi connectivity index (χ0n) is 14.0. The lowest BCUT2D eigenvalue weighted by Gasteiger charge is -2.37. The van der Waals surface area contributed by atoms with Gasteiger partial charge in [0, 0.05) is 25.8 Å². The van der Waals surface area contributed by atoms with E-state index in [4.69, 9.17) is 0 Å². The van der Waals surface area contributed by atoms with Crippen LogP contribution in [-0.2, 0) is 6.42 Å². The third-order valence-electron chi connectivity index (χ3n) is 4.61. The Morgan fingerprint density at radius 3 is 2.05 bits per heavy atom. The molecule has 2 heteroatoms. The molecule has 1 rings (SSSR count). The number of rotatable bonds is 9. The number of hydrogen-bond donors (Lipinski definition) is 1. The van der Waals surface area contributed by atoms with Crippen molar-refractivity contribution >= 4 is 5.69 Å². The summed E-state index contributed by atoms with van der Waals surface area (Å²) in [7, 11) is 2.22. The Balaban J connectivity index is 2.75. The number of nitrogens with one attached hydrogen (secondary N) is 1. The molecule has 0 amide bonds. The summed E-state index contributed by atoms with van der Waals surface area (Å²) in [5, 5.41) is 3.54. The normalized spacial score (nSPS) is 11.7. The molecular formula is C18H32N2. The van der Waals surface area contributed by atoms with E-state index in [-0.39, 0.29) is 0 Å². The number of anilines is 1. The molecule has 0 unspecified atom stereocenters. The molecule has 1 N–H and O–H groups in total. The number of nitrogens with zero attached hydrogens (tertiary/aromatic N) is 1. The van der Waals surface area contributed by atoms with Gasteiger partial charge in [-0.05, 0) is 48.9 Å². The highest BCUT2D eigenvalue weighted by Crippen LogP contribution is 2.28. The van der Waals surface area contributed by atoms with Crippen molar-refractivity contribution in [1.82, 2.24) is 5.32 Å². The van der Waals surface area contributed by atoms with Crippen molar-refractivity contribution in [1.29, 1.82) is 0 Å². The molecule has 20 heavy (non-hydrogen) atoms. The smallest absolute Gasteiger partial charge is 0.0363 e. The summed E-state index contributed by atoms with van der Waals surface area (Å²) in [6.07, 6.45) is 3.54. The summed E-state index contributed by atoms with van der Waals surface area (Å²) in [4.78, 5) is 2.41. The van der Waals surface area contributed by atoms with Gasteiger partial charge in [-0.25, -0.2) is 0 Å². The highest BCUT2D eigenvalue weighted by atomic mass is 15.1. The second kappa shape index (κ2) is 8.31. The molecule has 0 radical (unpaired) electrons. The fourth-order valence-electron chi connectivity index (χ4n) is 2.75. The molecule has 0 saturated heterocycles. The number of hydrogen-bond acceptors (Lipinski definition) is 2. The van der Waals surface area contributed by atoms with Crippen molar-refractivity contribution in [2.24, 2.45) is 5.41 Å². The summed E-state index contributed by atoms with van der Waals surface area (Å²) in [6, 6.07) is 9.00. The highest BCUT2D eigenvalue weighted by molar-refractivity contribution is 5.47. The first-order valence-electron chi connectivity index (χ1n) is 8.11. The van der Waals surface area contributed by atoms with Crippen LogP contribution in [0.15, 0.2) is 24.3 Å². The second-order valence-electron chi connectivity index (χ2n) is 5.86. The number of aryl methyl sites for hydroxylation is 1. The highest BCUT2D eigenvalue weighted by Gasteiger charge is 2.27. The van der Waals surface area contributed by atoms with E-state index >= 15 is 0 Å². The molecule has 1 aromatic rings. The van der Waals surface area contributed by atoms with Crippen LogP contribution < -0.4 is 10.2 Å². The SMILES string of the molecule is CCNCC(CC)(CC)CN(C)c1ccc(CC)cc1. The predicted octanol–water partition coefficient (Wildman–Crippen LogP) is 4.10. The molecule has 0 aromatic heterocycles. The van der Waals surface area contributed by atoms with Crippen LogP contribution in [0.5, 0.6) is 0 Å². The van der Waals surface area contributed by atoms with Gasteiger partial charge in [-0.15, -0.1) is 0 Å². The van der Waals surface area contributed by atoms with Crippen molar-refractivity contribution < 1.29 is 0 Å². The van der Waals surface area contributed by atoms with E-state index in [2.05, 4.69) is 69.2 Å². The van der Waals surface area contributed by atoms with Crippen molar-refractivity contribution in [2.75, 3.05) is 31.6 Å². The standard InChI is InChI=1S/C18H32N2/c1-6-16-10-12-17(13-11-16)20(5)15-18(7-2,8-3)14-19-9-4/h10-13,19H,6-9,14-15H2,1-5H3. The van der Waals surface area contributed by atoms with Gasteiger partial charge in [0.05, 0.1) is 0 Å². The molecule has 114 valence electrons. The summed E-state index contributed by atoms with van der Waals surface area (Å²) >= 11 is 0. The van der Waals surface area contributed by atoms with Gasteiger partial charge in [0.15, 0.2) is 0 Å². The second-order valence-corrected chi connectivity index (χ2v) is 5.86. The van der Waals surface area contributed by atoms with Gasteiger partial charge in [-0.3, -0.25) is 0 Å². The third kappa shape index (κ3) is 4.52. The number of benzene rings is 1. The Hall–Kier alpha value is -1.02. The van der Waals surface area contributed by atoms with Crippen LogP contribution in [-0.4, -0.2) is 26.7 Å². The van der Waals surface area contributed by atoms with Gasteiger partial charge in [0.25, 0.3) is 0 Å². The van der Waals surface area contributed by atoms with Crippen molar-refractivity contribution in [3.63, 3.8) is 0 Å². The van der Waals surface area contributed by atoms with Gasteiger partial charge in [0.2, 0.25) is 0 Å². The van der Waals surface area contributed by atoms with Gasteiger partial charge in [0.1, 0.15) is 0 Å². The van der Waals surface area contributed by atoms with E-state index in [1.165, 1.54) is 24.1 Å². The molecule has 0 aliphatic carbocycles. The van der Waals surface area contributed by atoms with Gasteiger partial charge in [-0.1, -0.05) is 39.8 Å². The van der Waals surface area contributed by atoms with Crippen LogP contribution in [0, 0.1) is 5.41 Å². The molecule has 0 aliphatic rings. The molecule has 0 heterocycles. The summed E-state index contributed by atoms with van der Waals surface area (Å²) < 4.78 is 0. The van der Waals surface area contributed by atoms with E-state index in [0.717, 1.165) is 26.1 Å². The van der Waals surface area contributed by atoms with Crippen LogP contribution in [0.2, 0.25) is 0 Å². The largest absolute Gasteiger partial charge is 0.374 e. The minimum atomic E-state index is 0.369. The Labute approximate surface area is 125 Å². The Morgan fingerprint density at radius 2 is 1.60 bits per heavy atom. The van der Waals surface area contributed by atoms with Crippen molar-refractivity contribution in [3.8, 4) is 0 Å². The first kappa shape index (κ1) is 17.0. The van der Waals surface area contributed by atoms with Crippen molar-refractivity contribution in [3.05, 3.63) is 29.8 Å². The molecule has 0 fully saturated rings. The molecule has 2 nitrogen and oxygen atoms in total. The van der Waals surface area contributed by atoms with Gasteiger partial charge < -0.3 is 10.2 Å². The third-order valence-corrected chi connectivity index (χ3v) is 4.61. The van der Waals surface area contributed by atoms with E-state index in [0.29, 0.717) is 5.41 Å². The van der Waals surface area contributed by atoms with E-state index < -0.39 is 0 Å². The van der Waals surface area contributed by atoms with Crippen LogP contribution >= 0.6 is 0 Å². The van der Waals surface area contributed by atoms with Gasteiger partial charge in [-0.2, -0.15) is 0 Å². The molecule has 0 saturated carbocycles. The van der Waals surface area contributed by atoms with Crippen LogP contribution in [0.1, 0.15) is 46.1 Å². The quantitative estimate of drug-likeness (QED) is 0.730. The summed E-state index contributed by atoms with van der Waals surface area (Å²) in [6.45, 7) is 12.3. The molecule has 0 bridgehead atoms. The lowest BCUT2D eigenvalue weighted by Crippen LogP contribution is -2.42. The summed E-state index contributed by atoms with van der Waals surface area (Å²) in [5.41, 5.74) is 3.10. The first-order chi connectivity index (χ1) is 9.60. The van der Waals surface area contributed by atoms with Crippen LogP contribution in [0.4, 0.5) is 5.69 Å². The molecule has 0 atom stereocenters. The first-order valence-corrected chi connectivity index (χ1v) is 8.11. The fraction of sp³-hybridized carbons (Fsp3) is 0.667. The van der Waals surface area contributed by atoms with E-state index in [9.17, 15) is 0 Å². The van der Waals surface area contributed by atoms with Crippen molar-refractivity contribution in [2.45, 2.75) is 47.0 Å². The lowest BCUT2D eigenvalue weighted by molar-refractivity contribution is 0.258. The zero-order chi connectivity index (χ0) is 15.0. The maximum atomic E-state index is 3.54. The Kier molecular flexibility index (Phi) is 7.08. The maximum absolute atomic E-state index is 3.54. The topological polar surface area (TPSA) is 15.3 Å². The van der Waals surface area contributed by atoms with Gasteiger partial charge >= 0.3 is 0 Å². The minimum Gasteiger partial charge on any atom is -0.374 e.